The van der Waals surface area contributed by atoms with E-state index in [4.69, 9.17) is 11.6 Å². The van der Waals surface area contributed by atoms with Crippen molar-refractivity contribution in [3.8, 4) is 0 Å². The summed E-state index contributed by atoms with van der Waals surface area (Å²) in [6, 6.07) is 12.0. The van der Waals surface area contributed by atoms with Crippen LogP contribution in [0.25, 0.3) is 0 Å². The second-order valence-electron chi connectivity index (χ2n) is 7.60. The molecule has 1 amide bonds. The van der Waals surface area contributed by atoms with Gasteiger partial charge in [-0.05, 0) is 67.1 Å². The molecule has 1 aliphatic heterocycles. The minimum Gasteiger partial charge on any atom is -0.352 e. The first-order valence-corrected chi connectivity index (χ1v) is 9.66. The van der Waals surface area contributed by atoms with E-state index in [1.807, 2.05) is 24.3 Å². The van der Waals surface area contributed by atoms with Gasteiger partial charge in [-0.3, -0.25) is 14.7 Å². The Kier molecular flexibility index (Phi) is 4.96. The average molecular weight is 370 g/mol. The van der Waals surface area contributed by atoms with Gasteiger partial charge in [-0.1, -0.05) is 29.8 Å². The summed E-state index contributed by atoms with van der Waals surface area (Å²) in [7, 11) is 0. The lowest BCUT2D eigenvalue weighted by atomic mass is 9.90. The van der Waals surface area contributed by atoms with Gasteiger partial charge in [0.2, 0.25) is 5.91 Å². The summed E-state index contributed by atoms with van der Waals surface area (Å²) in [6.45, 7) is 3.66. The van der Waals surface area contributed by atoms with Crippen molar-refractivity contribution in [1.29, 1.82) is 0 Å². The second kappa shape index (κ2) is 7.37. The molecule has 0 bridgehead atoms. The van der Waals surface area contributed by atoms with E-state index in [0.717, 1.165) is 49.5 Å². The minimum atomic E-state index is 0.192. The van der Waals surface area contributed by atoms with Crippen molar-refractivity contribution in [2.75, 3.05) is 13.1 Å². The number of aromatic nitrogens is 1. The lowest BCUT2D eigenvalue weighted by molar-refractivity contribution is -0.123. The van der Waals surface area contributed by atoms with Crippen molar-refractivity contribution in [2.45, 2.75) is 32.4 Å². The zero-order valence-corrected chi connectivity index (χ0v) is 15.6. The fraction of sp³-hybridized carbons (Fsp3) is 0.429. The number of piperidine rings is 1. The number of benzene rings is 1. The van der Waals surface area contributed by atoms with Crippen molar-refractivity contribution >= 4 is 17.5 Å². The van der Waals surface area contributed by atoms with Crippen LogP contribution in [-0.4, -0.2) is 28.9 Å². The molecule has 5 heteroatoms. The summed E-state index contributed by atoms with van der Waals surface area (Å²) in [4.78, 5) is 19.1. The molecule has 1 aromatic heterocycles. The molecule has 1 aliphatic carbocycles. The molecule has 0 radical (unpaired) electrons. The number of hydrogen-bond acceptors (Lipinski definition) is 3. The molecule has 1 N–H and O–H groups in total. The highest BCUT2D eigenvalue weighted by atomic mass is 35.5. The number of hydrogen-bond donors (Lipinski definition) is 1. The van der Waals surface area contributed by atoms with Crippen LogP contribution in [0.5, 0.6) is 0 Å². The van der Waals surface area contributed by atoms with Gasteiger partial charge in [-0.15, -0.1) is 0 Å². The van der Waals surface area contributed by atoms with Gasteiger partial charge in [0, 0.05) is 36.4 Å². The molecule has 2 heterocycles. The van der Waals surface area contributed by atoms with E-state index < -0.39 is 0 Å². The third-order valence-corrected chi connectivity index (χ3v) is 6.12. The SMILES string of the molecule is O=C(NCc1cccnc1)C1CC12CCN(Cc1ccc(Cl)cc1)CC2. The van der Waals surface area contributed by atoms with E-state index in [2.05, 4.69) is 27.3 Å². The van der Waals surface area contributed by atoms with Crippen LogP contribution < -0.4 is 5.32 Å². The van der Waals surface area contributed by atoms with Gasteiger partial charge in [0.05, 0.1) is 0 Å². The van der Waals surface area contributed by atoms with Crippen molar-refractivity contribution in [1.82, 2.24) is 15.2 Å². The van der Waals surface area contributed by atoms with Gasteiger partial charge in [0.1, 0.15) is 0 Å². The van der Waals surface area contributed by atoms with E-state index in [1.54, 1.807) is 12.4 Å². The number of likely N-dealkylation sites (tertiary alicyclic amines) is 1. The van der Waals surface area contributed by atoms with Crippen LogP contribution in [0.1, 0.15) is 30.4 Å². The predicted octanol–water partition coefficient (Wildman–Crippen LogP) is 3.65. The number of amides is 1. The molecule has 1 saturated heterocycles. The van der Waals surface area contributed by atoms with E-state index in [0.29, 0.717) is 6.54 Å². The summed E-state index contributed by atoms with van der Waals surface area (Å²) < 4.78 is 0. The molecular weight excluding hydrogens is 346 g/mol. The van der Waals surface area contributed by atoms with Crippen LogP contribution in [0.15, 0.2) is 48.8 Å². The Bertz CT molecular complexity index is 755. The Morgan fingerprint density at radius 2 is 1.96 bits per heavy atom. The lowest BCUT2D eigenvalue weighted by Crippen LogP contribution is -2.36. The zero-order chi connectivity index (χ0) is 18.0. The van der Waals surface area contributed by atoms with E-state index in [-0.39, 0.29) is 17.2 Å². The Balaban J connectivity index is 1.24. The quantitative estimate of drug-likeness (QED) is 0.874. The zero-order valence-electron chi connectivity index (χ0n) is 14.8. The third kappa shape index (κ3) is 3.92. The summed E-state index contributed by atoms with van der Waals surface area (Å²) in [5.74, 6) is 0.400. The predicted molar refractivity (Wildman–Crippen MR) is 103 cm³/mol. The molecule has 2 aromatic rings. The molecule has 1 spiro atoms. The molecule has 1 aromatic carbocycles. The van der Waals surface area contributed by atoms with Gasteiger partial charge >= 0.3 is 0 Å². The molecule has 2 aliphatic rings. The van der Waals surface area contributed by atoms with Gasteiger partial charge in [-0.2, -0.15) is 0 Å². The number of carbonyl (C=O) groups excluding carboxylic acids is 1. The number of rotatable bonds is 5. The van der Waals surface area contributed by atoms with E-state index in [9.17, 15) is 4.79 Å². The lowest BCUT2D eigenvalue weighted by Gasteiger charge is -2.32. The van der Waals surface area contributed by atoms with Crippen molar-refractivity contribution in [2.24, 2.45) is 11.3 Å². The van der Waals surface area contributed by atoms with Crippen LogP contribution in [0.4, 0.5) is 0 Å². The fourth-order valence-electron chi connectivity index (χ4n) is 4.09. The summed E-state index contributed by atoms with van der Waals surface area (Å²) in [6.07, 6.45) is 6.83. The molecule has 26 heavy (non-hydrogen) atoms. The summed E-state index contributed by atoms with van der Waals surface area (Å²) >= 11 is 5.96. The summed E-state index contributed by atoms with van der Waals surface area (Å²) in [5.41, 5.74) is 2.59. The van der Waals surface area contributed by atoms with Crippen molar-refractivity contribution in [3.63, 3.8) is 0 Å². The molecule has 4 nitrogen and oxygen atoms in total. The maximum Gasteiger partial charge on any atom is 0.223 e. The largest absolute Gasteiger partial charge is 0.352 e. The smallest absolute Gasteiger partial charge is 0.223 e. The Hall–Kier alpha value is -1.91. The van der Waals surface area contributed by atoms with Gasteiger partial charge in [-0.25, -0.2) is 0 Å². The number of halogens is 1. The normalized spacial score (nSPS) is 21.5. The number of pyridine rings is 1. The highest BCUT2D eigenvalue weighted by molar-refractivity contribution is 6.30. The maximum atomic E-state index is 12.5. The van der Waals surface area contributed by atoms with Crippen LogP contribution in [0, 0.1) is 11.3 Å². The van der Waals surface area contributed by atoms with Gasteiger partial charge in [0.15, 0.2) is 0 Å². The monoisotopic (exact) mass is 369 g/mol. The Labute approximate surface area is 159 Å². The fourth-order valence-corrected chi connectivity index (χ4v) is 4.22. The van der Waals surface area contributed by atoms with Crippen molar-refractivity contribution < 1.29 is 4.79 Å². The van der Waals surface area contributed by atoms with Crippen LogP contribution in [-0.2, 0) is 17.9 Å². The van der Waals surface area contributed by atoms with Crippen molar-refractivity contribution in [3.05, 3.63) is 64.9 Å². The van der Waals surface area contributed by atoms with Crippen LogP contribution in [0.2, 0.25) is 5.02 Å². The Morgan fingerprint density at radius 1 is 1.19 bits per heavy atom. The van der Waals surface area contributed by atoms with Crippen LogP contribution >= 0.6 is 11.6 Å². The minimum absolute atomic E-state index is 0.192. The topological polar surface area (TPSA) is 45.2 Å². The summed E-state index contributed by atoms with van der Waals surface area (Å²) in [5, 5.41) is 3.87. The highest BCUT2D eigenvalue weighted by Gasteiger charge is 2.58. The van der Waals surface area contributed by atoms with E-state index in [1.165, 1.54) is 5.56 Å². The third-order valence-electron chi connectivity index (χ3n) is 5.87. The molecule has 136 valence electrons. The second-order valence-corrected chi connectivity index (χ2v) is 8.04. The number of nitrogens with one attached hydrogen (secondary N) is 1. The molecule has 4 rings (SSSR count). The van der Waals surface area contributed by atoms with Gasteiger partial charge in [0.25, 0.3) is 0 Å². The molecule has 1 saturated carbocycles. The molecule has 2 fully saturated rings. The molecule has 1 atom stereocenters. The number of nitrogens with zero attached hydrogens (tertiary/aromatic N) is 2. The maximum absolute atomic E-state index is 12.5. The van der Waals surface area contributed by atoms with Gasteiger partial charge < -0.3 is 5.32 Å². The average Bonchev–Trinajstić information content (AvgIpc) is 3.38. The Morgan fingerprint density at radius 3 is 2.65 bits per heavy atom. The molecular formula is C21H24ClN3O. The first-order valence-electron chi connectivity index (χ1n) is 9.28. The highest BCUT2D eigenvalue weighted by Crippen LogP contribution is 2.59. The number of carbonyl (C=O) groups is 1. The first-order chi connectivity index (χ1) is 12.6. The van der Waals surface area contributed by atoms with Crippen LogP contribution in [0.3, 0.4) is 0 Å². The standard InChI is InChI=1S/C21H24ClN3O/c22-18-5-3-16(4-6-18)15-25-10-7-21(8-11-25)12-19(21)20(26)24-14-17-2-1-9-23-13-17/h1-6,9,13,19H,7-8,10-12,14-15H2,(H,24,26). The first kappa shape index (κ1) is 17.5. The van der Waals surface area contributed by atoms with E-state index >= 15 is 0 Å². The molecule has 1 unspecified atom stereocenters.